The van der Waals surface area contributed by atoms with Crippen LogP contribution in [-0.4, -0.2) is 29.9 Å². The van der Waals surface area contributed by atoms with E-state index in [1.165, 1.54) is 12.8 Å². The fourth-order valence-corrected chi connectivity index (χ4v) is 3.31. The van der Waals surface area contributed by atoms with E-state index in [-0.39, 0.29) is 24.3 Å². The van der Waals surface area contributed by atoms with E-state index < -0.39 is 6.04 Å². The second-order valence-electron chi connectivity index (χ2n) is 6.34. The van der Waals surface area contributed by atoms with Crippen molar-refractivity contribution in [3.8, 4) is 0 Å². The molecule has 22 heavy (non-hydrogen) atoms. The lowest BCUT2D eigenvalue weighted by Crippen LogP contribution is -2.65. The van der Waals surface area contributed by atoms with Crippen LogP contribution in [0.1, 0.15) is 37.7 Å². The van der Waals surface area contributed by atoms with Crippen molar-refractivity contribution in [2.75, 3.05) is 5.32 Å². The normalized spacial score (nSPS) is 27.7. The first-order valence-corrected chi connectivity index (χ1v) is 8.05. The molecule has 3 atom stereocenters. The van der Waals surface area contributed by atoms with Gasteiger partial charge in [-0.2, -0.15) is 0 Å². The number of aryl methyl sites for hydroxylation is 1. The van der Waals surface area contributed by atoms with Crippen molar-refractivity contribution in [2.24, 2.45) is 0 Å². The van der Waals surface area contributed by atoms with Crippen LogP contribution in [0.15, 0.2) is 24.3 Å². The molecule has 5 heteroatoms. The minimum absolute atomic E-state index is 0.0535. The smallest absolute Gasteiger partial charge is 0.237 e. The van der Waals surface area contributed by atoms with Crippen molar-refractivity contribution in [3.63, 3.8) is 0 Å². The fraction of sp³-hybridized carbons (Fsp3) is 0.529. The summed E-state index contributed by atoms with van der Waals surface area (Å²) >= 11 is 0. The maximum absolute atomic E-state index is 12.1. The van der Waals surface area contributed by atoms with E-state index in [4.69, 9.17) is 0 Å². The molecule has 1 heterocycles. The average molecular weight is 301 g/mol. The van der Waals surface area contributed by atoms with Gasteiger partial charge in [0.25, 0.3) is 0 Å². The largest absolute Gasteiger partial charge is 0.350 e. The molecule has 1 aliphatic carbocycles. The lowest BCUT2D eigenvalue weighted by atomic mass is 9.87. The summed E-state index contributed by atoms with van der Waals surface area (Å²) < 4.78 is 0. The zero-order valence-corrected chi connectivity index (χ0v) is 12.9. The topological polar surface area (TPSA) is 70.2 Å². The monoisotopic (exact) mass is 301 g/mol. The van der Waals surface area contributed by atoms with Gasteiger partial charge in [0.2, 0.25) is 11.8 Å². The van der Waals surface area contributed by atoms with E-state index in [0.29, 0.717) is 6.04 Å². The van der Waals surface area contributed by atoms with Gasteiger partial charge in [-0.1, -0.05) is 30.5 Å². The quantitative estimate of drug-likeness (QED) is 0.796. The molecule has 1 aliphatic heterocycles. The van der Waals surface area contributed by atoms with Gasteiger partial charge in [-0.15, -0.1) is 0 Å². The lowest BCUT2D eigenvalue weighted by Gasteiger charge is -2.40. The third-order valence-corrected chi connectivity index (χ3v) is 4.55. The highest BCUT2D eigenvalue weighted by molar-refractivity contribution is 5.95. The molecule has 1 saturated heterocycles. The minimum atomic E-state index is -0.426. The van der Waals surface area contributed by atoms with Gasteiger partial charge in [0.1, 0.15) is 0 Å². The molecule has 3 rings (SSSR count). The van der Waals surface area contributed by atoms with Gasteiger partial charge in [-0.3, -0.25) is 9.59 Å². The van der Waals surface area contributed by atoms with E-state index in [0.717, 1.165) is 24.1 Å². The lowest BCUT2D eigenvalue weighted by molar-refractivity contribution is -0.129. The third-order valence-electron chi connectivity index (χ3n) is 4.55. The molecule has 0 unspecified atom stereocenters. The van der Waals surface area contributed by atoms with Crippen LogP contribution >= 0.6 is 0 Å². The molecule has 2 fully saturated rings. The van der Waals surface area contributed by atoms with Gasteiger partial charge in [-0.25, -0.2) is 0 Å². The van der Waals surface area contributed by atoms with E-state index in [1.807, 2.05) is 31.2 Å². The second-order valence-corrected chi connectivity index (χ2v) is 6.34. The summed E-state index contributed by atoms with van der Waals surface area (Å²) in [6, 6.07) is 7.77. The van der Waals surface area contributed by atoms with Gasteiger partial charge in [0.15, 0.2) is 0 Å². The summed E-state index contributed by atoms with van der Waals surface area (Å²) in [7, 11) is 0. The first-order valence-electron chi connectivity index (χ1n) is 8.05. The first kappa shape index (κ1) is 15.0. The molecule has 3 N–H and O–H groups in total. The van der Waals surface area contributed by atoms with E-state index in [9.17, 15) is 9.59 Å². The Hall–Kier alpha value is -1.88. The number of carbonyl (C=O) groups excluding carboxylic acids is 2. The Bertz CT molecular complexity index is 556. The number of hydrogen-bond donors (Lipinski definition) is 3. The maximum Gasteiger partial charge on any atom is 0.237 e. The highest BCUT2D eigenvalue weighted by Crippen LogP contribution is 2.22. The van der Waals surface area contributed by atoms with Crippen LogP contribution in [0.25, 0.3) is 0 Å². The number of hydrogen-bond acceptors (Lipinski definition) is 3. The maximum atomic E-state index is 12.1. The van der Waals surface area contributed by atoms with E-state index in [1.54, 1.807) is 0 Å². The number of rotatable bonds is 3. The molecule has 2 aliphatic rings. The summed E-state index contributed by atoms with van der Waals surface area (Å²) in [5.41, 5.74) is 1.91. The first-order chi connectivity index (χ1) is 10.6. The molecule has 0 radical (unpaired) electrons. The Morgan fingerprint density at radius 1 is 1.18 bits per heavy atom. The molecule has 1 aromatic carbocycles. The zero-order chi connectivity index (χ0) is 15.5. The van der Waals surface area contributed by atoms with Crippen molar-refractivity contribution in [2.45, 2.75) is 57.2 Å². The van der Waals surface area contributed by atoms with Crippen molar-refractivity contribution in [1.82, 2.24) is 10.6 Å². The molecule has 1 aromatic rings. The minimum Gasteiger partial charge on any atom is -0.350 e. The molecular weight excluding hydrogens is 278 g/mol. The van der Waals surface area contributed by atoms with E-state index in [2.05, 4.69) is 16.0 Å². The molecule has 118 valence electrons. The summed E-state index contributed by atoms with van der Waals surface area (Å²) in [6.07, 6.45) is 4.63. The second kappa shape index (κ2) is 6.48. The number of carbonyl (C=O) groups is 2. The van der Waals surface area contributed by atoms with Crippen LogP contribution in [0, 0.1) is 6.92 Å². The van der Waals surface area contributed by atoms with Crippen LogP contribution < -0.4 is 16.0 Å². The zero-order valence-electron chi connectivity index (χ0n) is 12.9. The molecule has 5 nitrogen and oxygen atoms in total. The van der Waals surface area contributed by atoms with Gasteiger partial charge in [-0.05, 0) is 31.9 Å². The SMILES string of the molecule is Cc1ccc(NC(=O)C[C@@H]2N[C@H]3CCCC[C@H]3NC2=O)cc1. The Morgan fingerprint density at radius 2 is 1.86 bits per heavy atom. The number of fused-ring (bicyclic) bond motifs is 1. The standard InChI is InChI=1S/C17H23N3O2/c1-11-6-8-12(9-7-11)18-16(21)10-15-17(22)20-14-5-3-2-4-13(14)19-15/h6-9,13-15,19H,2-5,10H2,1H3,(H,18,21)(H,20,22)/t13-,14+,15-/m0/s1. The number of anilines is 1. The molecule has 0 bridgehead atoms. The van der Waals surface area contributed by atoms with Crippen LogP contribution in [0.4, 0.5) is 5.69 Å². The predicted octanol–water partition coefficient (Wildman–Crippen LogP) is 1.72. The Morgan fingerprint density at radius 3 is 2.59 bits per heavy atom. The van der Waals surface area contributed by atoms with Crippen LogP contribution in [-0.2, 0) is 9.59 Å². The number of nitrogens with one attached hydrogen (secondary N) is 3. The molecular formula is C17H23N3O2. The summed E-state index contributed by atoms with van der Waals surface area (Å²) in [5.74, 6) is -0.187. The van der Waals surface area contributed by atoms with Crippen molar-refractivity contribution >= 4 is 17.5 Å². The predicted molar refractivity (Wildman–Crippen MR) is 85.5 cm³/mol. The van der Waals surface area contributed by atoms with Gasteiger partial charge < -0.3 is 16.0 Å². The highest BCUT2D eigenvalue weighted by Gasteiger charge is 2.36. The third kappa shape index (κ3) is 3.47. The Kier molecular flexibility index (Phi) is 4.43. The van der Waals surface area contributed by atoms with Crippen molar-refractivity contribution < 1.29 is 9.59 Å². The molecule has 0 spiro atoms. The number of piperazine rings is 1. The van der Waals surface area contributed by atoms with Crippen LogP contribution in [0.3, 0.4) is 0 Å². The van der Waals surface area contributed by atoms with Gasteiger partial charge in [0.05, 0.1) is 12.5 Å². The summed E-state index contributed by atoms with van der Waals surface area (Å²) in [5, 5.41) is 9.27. The molecule has 1 saturated carbocycles. The number of benzene rings is 1. The van der Waals surface area contributed by atoms with Crippen molar-refractivity contribution in [3.05, 3.63) is 29.8 Å². The van der Waals surface area contributed by atoms with Gasteiger partial charge in [0, 0.05) is 17.8 Å². The molecule has 2 amide bonds. The highest BCUT2D eigenvalue weighted by atomic mass is 16.2. The Labute approximate surface area is 130 Å². The van der Waals surface area contributed by atoms with E-state index >= 15 is 0 Å². The fourth-order valence-electron chi connectivity index (χ4n) is 3.31. The number of amides is 2. The van der Waals surface area contributed by atoms with Crippen LogP contribution in [0.5, 0.6) is 0 Å². The average Bonchev–Trinajstić information content (AvgIpc) is 2.50. The Balaban J connectivity index is 1.56. The van der Waals surface area contributed by atoms with Crippen LogP contribution in [0.2, 0.25) is 0 Å². The van der Waals surface area contributed by atoms with Gasteiger partial charge >= 0.3 is 0 Å². The molecule has 0 aromatic heterocycles. The summed E-state index contributed by atoms with van der Waals surface area (Å²) in [4.78, 5) is 24.3. The summed E-state index contributed by atoms with van der Waals surface area (Å²) in [6.45, 7) is 2.00. The van der Waals surface area contributed by atoms with Crippen molar-refractivity contribution in [1.29, 1.82) is 0 Å².